The number of alkyl halides is 3. The number of ether oxygens (including phenoxy) is 2. The van der Waals surface area contributed by atoms with E-state index < -0.39 is 24.4 Å². The fourth-order valence-corrected chi connectivity index (χ4v) is 1.97. The topological polar surface area (TPSA) is 33.8 Å². The van der Waals surface area contributed by atoms with Crippen LogP contribution < -0.4 is 5.32 Å². The molecule has 6 heteroatoms. The molecule has 0 spiro atoms. The molecule has 0 amide bonds. The highest BCUT2D eigenvalue weighted by Gasteiger charge is 2.51. The minimum absolute atomic E-state index is 0.145. The summed E-state index contributed by atoms with van der Waals surface area (Å²) in [6.07, 6.45) is -5.12. The van der Waals surface area contributed by atoms with Crippen LogP contribution in [0.5, 0.6) is 0 Å². The fourth-order valence-electron chi connectivity index (χ4n) is 1.97. The van der Waals surface area contributed by atoms with Gasteiger partial charge in [0.25, 0.3) is 0 Å². The van der Waals surface area contributed by atoms with E-state index in [-0.39, 0.29) is 13.2 Å². The van der Waals surface area contributed by atoms with E-state index in [2.05, 4.69) is 5.32 Å². The van der Waals surface area contributed by atoms with Crippen molar-refractivity contribution in [1.82, 2.24) is 5.32 Å². The molecule has 1 heterocycles. The summed E-state index contributed by atoms with van der Waals surface area (Å²) in [6.45, 7) is 0.314. The van der Waals surface area contributed by atoms with Gasteiger partial charge in [0.05, 0.1) is 19.3 Å². The second-order valence-electron chi connectivity index (χ2n) is 4.48. The van der Waals surface area contributed by atoms with Crippen LogP contribution >= 0.6 is 0 Å². The minimum Gasteiger partial charge on any atom is -0.383 e. The number of rotatable bonds is 6. The Bertz CT molecular complexity index is 393. The number of methoxy groups -OCH3 is 1. The van der Waals surface area contributed by atoms with Gasteiger partial charge < -0.3 is 9.47 Å². The SMILES string of the molecule is COC[C@H](N[C@H]([C@@H]1CO1)C(F)(F)F)c1ccccc1. The van der Waals surface area contributed by atoms with E-state index in [0.29, 0.717) is 0 Å². The maximum absolute atomic E-state index is 12.9. The van der Waals surface area contributed by atoms with Crippen LogP contribution in [-0.4, -0.2) is 38.6 Å². The van der Waals surface area contributed by atoms with Crippen LogP contribution in [0.2, 0.25) is 0 Å². The van der Waals surface area contributed by atoms with Gasteiger partial charge >= 0.3 is 6.18 Å². The normalized spacial score (nSPS) is 22.0. The molecule has 0 bridgehead atoms. The van der Waals surface area contributed by atoms with E-state index in [9.17, 15) is 13.2 Å². The molecule has 2 rings (SSSR count). The lowest BCUT2D eigenvalue weighted by atomic mass is 10.1. The Morgan fingerprint density at radius 3 is 2.47 bits per heavy atom. The molecule has 0 aliphatic carbocycles. The molecular weight excluding hydrogens is 259 g/mol. The molecule has 1 aliphatic heterocycles. The molecule has 0 aromatic heterocycles. The predicted octanol–water partition coefficient (Wildman–Crippen LogP) is 2.29. The average Bonchev–Trinajstić information content (AvgIpc) is 3.18. The molecule has 19 heavy (non-hydrogen) atoms. The Morgan fingerprint density at radius 1 is 1.37 bits per heavy atom. The van der Waals surface area contributed by atoms with Crippen molar-refractivity contribution in [1.29, 1.82) is 0 Å². The first-order valence-electron chi connectivity index (χ1n) is 6.00. The number of hydrogen-bond acceptors (Lipinski definition) is 3. The monoisotopic (exact) mass is 275 g/mol. The molecule has 1 aromatic rings. The van der Waals surface area contributed by atoms with Gasteiger partial charge in [-0.3, -0.25) is 5.32 Å². The van der Waals surface area contributed by atoms with Gasteiger partial charge in [0.15, 0.2) is 0 Å². The maximum Gasteiger partial charge on any atom is 0.406 e. The summed E-state index contributed by atoms with van der Waals surface area (Å²) >= 11 is 0. The fraction of sp³-hybridized carbons (Fsp3) is 0.538. The third-order valence-corrected chi connectivity index (χ3v) is 3.00. The van der Waals surface area contributed by atoms with Crippen LogP contribution in [0.3, 0.4) is 0 Å². The van der Waals surface area contributed by atoms with Crippen molar-refractivity contribution in [2.75, 3.05) is 20.3 Å². The van der Waals surface area contributed by atoms with Gasteiger partial charge in [0.2, 0.25) is 0 Å². The molecular formula is C13H16F3NO2. The first kappa shape index (κ1) is 14.3. The van der Waals surface area contributed by atoms with Crippen molar-refractivity contribution in [2.24, 2.45) is 0 Å². The Hall–Kier alpha value is -1.11. The van der Waals surface area contributed by atoms with E-state index in [1.807, 2.05) is 6.07 Å². The van der Waals surface area contributed by atoms with Crippen LogP contribution in [0.25, 0.3) is 0 Å². The Balaban J connectivity index is 2.11. The third kappa shape index (κ3) is 3.92. The van der Waals surface area contributed by atoms with Crippen LogP contribution in [0.4, 0.5) is 13.2 Å². The highest BCUT2D eigenvalue weighted by atomic mass is 19.4. The zero-order valence-corrected chi connectivity index (χ0v) is 10.5. The Labute approximate surface area is 109 Å². The summed E-state index contributed by atoms with van der Waals surface area (Å²) in [4.78, 5) is 0. The van der Waals surface area contributed by atoms with Crippen molar-refractivity contribution in [3.8, 4) is 0 Å². The van der Waals surface area contributed by atoms with Gasteiger partial charge in [-0.2, -0.15) is 13.2 Å². The Morgan fingerprint density at radius 2 is 2.00 bits per heavy atom. The van der Waals surface area contributed by atoms with Gasteiger partial charge in [-0.15, -0.1) is 0 Å². The van der Waals surface area contributed by atoms with Crippen molar-refractivity contribution in [2.45, 2.75) is 24.4 Å². The number of benzene rings is 1. The van der Waals surface area contributed by atoms with Crippen molar-refractivity contribution in [3.63, 3.8) is 0 Å². The maximum atomic E-state index is 12.9. The second kappa shape index (κ2) is 5.90. The summed E-state index contributed by atoms with van der Waals surface area (Å²) in [5.74, 6) is 0. The highest BCUT2D eigenvalue weighted by molar-refractivity contribution is 5.19. The van der Waals surface area contributed by atoms with E-state index in [0.717, 1.165) is 5.56 Å². The zero-order chi connectivity index (χ0) is 13.9. The summed E-state index contributed by atoms with van der Waals surface area (Å²) in [6, 6.07) is 6.77. The van der Waals surface area contributed by atoms with E-state index in [1.54, 1.807) is 24.3 Å². The standard InChI is InChI=1S/C13H16F3NO2/c1-18-7-10(9-5-3-2-4-6-9)17-12(11-8-19-11)13(14,15)16/h2-6,10-12,17H,7-8H2,1H3/t10-,11-,12+/m0/s1. The van der Waals surface area contributed by atoms with Crippen molar-refractivity contribution >= 4 is 0 Å². The molecule has 106 valence electrons. The van der Waals surface area contributed by atoms with Crippen LogP contribution in [0, 0.1) is 0 Å². The van der Waals surface area contributed by atoms with Crippen LogP contribution in [-0.2, 0) is 9.47 Å². The quantitative estimate of drug-likeness (QED) is 0.809. The first-order chi connectivity index (χ1) is 9.02. The average molecular weight is 275 g/mol. The molecule has 1 aliphatic rings. The van der Waals surface area contributed by atoms with Gasteiger partial charge in [0.1, 0.15) is 12.1 Å². The van der Waals surface area contributed by atoms with Crippen LogP contribution in [0.1, 0.15) is 11.6 Å². The van der Waals surface area contributed by atoms with E-state index >= 15 is 0 Å². The lowest BCUT2D eigenvalue weighted by Gasteiger charge is -2.26. The molecule has 0 unspecified atom stereocenters. The highest BCUT2D eigenvalue weighted by Crippen LogP contribution is 2.31. The summed E-state index contributed by atoms with van der Waals surface area (Å²) < 4.78 is 48.6. The second-order valence-corrected chi connectivity index (χ2v) is 4.48. The molecule has 0 radical (unpaired) electrons. The largest absolute Gasteiger partial charge is 0.406 e. The summed E-state index contributed by atoms with van der Waals surface area (Å²) in [5, 5.41) is 2.60. The van der Waals surface area contributed by atoms with Crippen LogP contribution in [0.15, 0.2) is 30.3 Å². The third-order valence-electron chi connectivity index (χ3n) is 3.00. The lowest BCUT2D eigenvalue weighted by Crippen LogP contribution is -2.48. The van der Waals surface area contributed by atoms with Crippen molar-refractivity contribution < 1.29 is 22.6 Å². The van der Waals surface area contributed by atoms with Crippen molar-refractivity contribution in [3.05, 3.63) is 35.9 Å². The summed E-state index contributed by atoms with van der Waals surface area (Å²) in [5.41, 5.74) is 0.763. The molecule has 3 atom stereocenters. The minimum atomic E-state index is -4.33. The van der Waals surface area contributed by atoms with Gasteiger partial charge in [-0.05, 0) is 5.56 Å². The number of epoxide rings is 1. The zero-order valence-electron chi connectivity index (χ0n) is 10.5. The number of halogens is 3. The lowest BCUT2D eigenvalue weighted by molar-refractivity contribution is -0.163. The van der Waals surface area contributed by atoms with Gasteiger partial charge in [0, 0.05) is 7.11 Å². The molecule has 3 nitrogen and oxygen atoms in total. The van der Waals surface area contributed by atoms with E-state index in [1.165, 1.54) is 7.11 Å². The Kier molecular flexibility index (Phi) is 4.44. The van der Waals surface area contributed by atoms with E-state index in [4.69, 9.17) is 9.47 Å². The molecule has 1 N–H and O–H groups in total. The summed E-state index contributed by atoms with van der Waals surface area (Å²) in [7, 11) is 1.47. The molecule has 1 saturated heterocycles. The molecule has 0 saturated carbocycles. The number of hydrogen-bond donors (Lipinski definition) is 1. The molecule has 1 fully saturated rings. The number of nitrogens with one attached hydrogen (secondary N) is 1. The smallest absolute Gasteiger partial charge is 0.383 e. The van der Waals surface area contributed by atoms with Gasteiger partial charge in [-0.25, -0.2) is 0 Å². The first-order valence-corrected chi connectivity index (χ1v) is 6.00. The van der Waals surface area contributed by atoms with Gasteiger partial charge in [-0.1, -0.05) is 30.3 Å². The molecule has 1 aromatic carbocycles. The predicted molar refractivity (Wildman–Crippen MR) is 63.8 cm³/mol.